The number of hydrogen-bond acceptors (Lipinski definition) is 4. The van der Waals surface area contributed by atoms with E-state index >= 15 is 0 Å². The number of methoxy groups -OCH3 is 1. The molecule has 1 N–H and O–H groups in total. The molecule has 0 spiro atoms. The first-order valence-corrected chi connectivity index (χ1v) is 10.6. The summed E-state index contributed by atoms with van der Waals surface area (Å²) in [4.78, 5) is 27.7. The van der Waals surface area contributed by atoms with E-state index in [4.69, 9.17) is 15.9 Å². The second-order valence-electron chi connectivity index (χ2n) is 7.57. The number of amides is 2. The average Bonchev–Trinajstić information content (AvgIpc) is 2.96. The van der Waals surface area contributed by atoms with Crippen molar-refractivity contribution < 1.29 is 19.1 Å². The largest absolute Gasteiger partial charge is 0.497 e. The Bertz CT molecular complexity index is 1210. The highest BCUT2D eigenvalue weighted by Crippen LogP contribution is 2.32. The van der Waals surface area contributed by atoms with Gasteiger partial charge in [-0.3, -0.25) is 9.59 Å². The number of nitrogens with zero attached hydrogens (tertiary/aromatic N) is 1. The molecule has 3 aromatic carbocycles. The fourth-order valence-electron chi connectivity index (χ4n) is 3.87. The molecule has 0 saturated heterocycles. The summed E-state index contributed by atoms with van der Waals surface area (Å²) in [6.45, 7) is 0.898. The van der Waals surface area contributed by atoms with Crippen molar-refractivity contribution in [3.8, 4) is 18.1 Å². The summed E-state index contributed by atoms with van der Waals surface area (Å²) in [5, 5.41) is 2.95. The zero-order chi connectivity index (χ0) is 23.2. The molecule has 0 unspecified atom stereocenters. The van der Waals surface area contributed by atoms with Gasteiger partial charge in [0.15, 0.2) is 0 Å². The molecule has 1 heterocycles. The SMILES string of the molecule is C#CCOCCN1C(=O)c2ccccc2Cc2cc(NC(=O)c3ccc(OC)cc3)ccc21. The topological polar surface area (TPSA) is 67.9 Å². The highest BCUT2D eigenvalue weighted by atomic mass is 16.5. The molecule has 6 heteroatoms. The van der Waals surface area contributed by atoms with E-state index in [1.165, 1.54) is 0 Å². The van der Waals surface area contributed by atoms with Gasteiger partial charge in [-0.25, -0.2) is 0 Å². The third-order valence-electron chi connectivity index (χ3n) is 5.50. The zero-order valence-corrected chi connectivity index (χ0v) is 18.3. The van der Waals surface area contributed by atoms with Crippen LogP contribution in [0, 0.1) is 12.3 Å². The van der Waals surface area contributed by atoms with Crippen LogP contribution in [0.15, 0.2) is 66.7 Å². The fraction of sp³-hybridized carbons (Fsp3) is 0.185. The number of hydrogen-bond donors (Lipinski definition) is 1. The van der Waals surface area contributed by atoms with Gasteiger partial charge in [0.05, 0.1) is 13.7 Å². The molecular formula is C27H24N2O4. The van der Waals surface area contributed by atoms with Crippen molar-refractivity contribution in [2.24, 2.45) is 0 Å². The Kier molecular flexibility index (Phi) is 6.72. The first-order chi connectivity index (χ1) is 16.1. The molecule has 4 rings (SSSR count). The van der Waals surface area contributed by atoms with Gasteiger partial charge in [0, 0.05) is 35.5 Å². The lowest BCUT2D eigenvalue weighted by Gasteiger charge is -2.23. The number of carbonyl (C=O) groups is 2. The number of rotatable bonds is 7. The number of ether oxygens (including phenoxy) is 2. The summed E-state index contributed by atoms with van der Waals surface area (Å²) >= 11 is 0. The maximum atomic E-state index is 13.3. The summed E-state index contributed by atoms with van der Waals surface area (Å²) in [5.41, 5.74) is 4.52. The van der Waals surface area contributed by atoms with Gasteiger partial charge >= 0.3 is 0 Å². The van der Waals surface area contributed by atoms with Crippen molar-refractivity contribution in [2.75, 3.05) is 37.1 Å². The van der Waals surface area contributed by atoms with Crippen LogP contribution >= 0.6 is 0 Å². The molecule has 0 aliphatic carbocycles. The minimum atomic E-state index is -0.220. The lowest BCUT2D eigenvalue weighted by atomic mass is 10.00. The van der Waals surface area contributed by atoms with E-state index in [0.29, 0.717) is 42.1 Å². The Balaban J connectivity index is 1.62. The van der Waals surface area contributed by atoms with Crippen LogP contribution in [0.25, 0.3) is 0 Å². The van der Waals surface area contributed by atoms with Gasteiger partial charge in [-0.1, -0.05) is 24.1 Å². The van der Waals surface area contributed by atoms with Crippen LogP contribution in [-0.2, 0) is 11.2 Å². The number of carbonyl (C=O) groups excluding carboxylic acids is 2. The molecule has 0 bridgehead atoms. The average molecular weight is 440 g/mol. The van der Waals surface area contributed by atoms with Gasteiger partial charge in [-0.15, -0.1) is 6.42 Å². The normalized spacial score (nSPS) is 12.2. The number of anilines is 2. The predicted octanol–water partition coefficient (Wildman–Crippen LogP) is 4.15. The Morgan fingerprint density at radius 2 is 1.88 bits per heavy atom. The Labute approximate surface area is 193 Å². The van der Waals surface area contributed by atoms with Crippen LogP contribution in [0.5, 0.6) is 5.75 Å². The van der Waals surface area contributed by atoms with Gasteiger partial charge in [-0.2, -0.15) is 0 Å². The summed E-state index contributed by atoms with van der Waals surface area (Å²) in [7, 11) is 1.58. The van der Waals surface area contributed by atoms with E-state index in [1.54, 1.807) is 42.3 Å². The van der Waals surface area contributed by atoms with Crippen LogP contribution in [0.3, 0.4) is 0 Å². The lowest BCUT2D eigenvalue weighted by molar-refractivity contribution is 0.0970. The minimum absolute atomic E-state index is 0.0799. The fourth-order valence-corrected chi connectivity index (χ4v) is 3.87. The highest BCUT2D eigenvalue weighted by Gasteiger charge is 2.26. The first-order valence-electron chi connectivity index (χ1n) is 10.6. The van der Waals surface area contributed by atoms with E-state index in [9.17, 15) is 9.59 Å². The zero-order valence-electron chi connectivity index (χ0n) is 18.3. The van der Waals surface area contributed by atoms with E-state index in [-0.39, 0.29) is 18.4 Å². The molecule has 2 amide bonds. The van der Waals surface area contributed by atoms with Crippen molar-refractivity contribution in [2.45, 2.75) is 6.42 Å². The highest BCUT2D eigenvalue weighted by molar-refractivity contribution is 6.09. The number of fused-ring (bicyclic) bond motifs is 2. The molecule has 0 saturated carbocycles. The quantitative estimate of drug-likeness (QED) is 0.443. The van der Waals surface area contributed by atoms with Crippen LogP contribution in [0.4, 0.5) is 11.4 Å². The molecule has 0 radical (unpaired) electrons. The van der Waals surface area contributed by atoms with Crippen molar-refractivity contribution in [1.82, 2.24) is 0 Å². The third kappa shape index (κ3) is 4.89. The molecular weight excluding hydrogens is 416 g/mol. The molecule has 0 fully saturated rings. The van der Waals surface area contributed by atoms with Crippen LogP contribution in [-0.4, -0.2) is 38.7 Å². The Morgan fingerprint density at radius 1 is 1.09 bits per heavy atom. The first kappa shape index (κ1) is 22.1. The van der Waals surface area contributed by atoms with Crippen molar-refractivity contribution in [1.29, 1.82) is 0 Å². The van der Waals surface area contributed by atoms with Crippen LogP contribution in [0.1, 0.15) is 31.8 Å². The minimum Gasteiger partial charge on any atom is -0.497 e. The van der Waals surface area contributed by atoms with Crippen molar-refractivity contribution >= 4 is 23.2 Å². The molecule has 6 nitrogen and oxygen atoms in total. The predicted molar refractivity (Wildman–Crippen MR) is 128 cm³/mol. The Hall–Kier alpha value is -4.08. The lowest BCUT2D eigenvalue weighted by Crippen LogP contribution is -2.34. The van der Waals surface area contributed by atoms with Gasteiger partial charge in [0.25, 0.3) is 11.8 Å². The van der Waals surface area contributed by atoms with Gasteiger partial charge in [-0.05, 0) is 59.7 Å². The smallest absolute Gasteiger partial charge is 0.258 e. The van der Waals surface area contributed by atoms with E-state index < -0.39 is 0 Å². The monoisotopic (exact) mass is 440 g/mol. The van der Waals surface area contributed by atoms with E-state index in [2.05, 4.69) is 11.2 Å². The van der Waals surface area contributed by atoms with Gasteiger partial charge < -0.3 is 19.7 Å². The number of nitrogens with one attached hydrogen (secondary N) is 1. The number of terminal acetylenes is 1. The second-order valence-corrected chi connectivity index (χ2v) is 7.57. The summed E-state index contributed by atoms with van der Waals surface area (Å²) < 4.78 is 10.6. The molecule has 1 aliphatic rings. The Morgan fingerprint density at radius 3 is 2.64 bits per heavy atom. The van der Waals surface area contributed by atoms with Crippen molar-refractivity contribution in [3.05, 3.63) is 89.0 Å². The van der Waals surface area contributed by atoms with E-state index in [0.717, 1.165) is 16.8 Å². The number of benzene rings is 3. The summed E-state index contributed by atoms with van der Waals surface area (Å²) in [5.74, 6) is 2.82. The van der Waals surface area contributed by atoms with Crippen LogP contribution in [0.2, 0.25) is 0 Å². The molecule has 1 aliphatic heterocycles. The second kappa shape index (κ2) is 10.0. The maximum absolute atomic E-state index is 13.3. The summed E-state index contributed by atoms with van der Waals surface area (Å²) in [6, 6.07) is 20.1. The molecule has 3 aromatic rings. The van der Waals surface area contributed by atoms with Gasteiger partial charge in [0.1, 0.15) is 12.4 Å². The van der Waals surface area contributed by atoms with Crippen LogP contribution < -0.4 is 15.0 Å². The molecule has 0 aromatic heterocycles. The molecule has 166 valence electrons. The van der Waals surface area contributed by atoms with E-state index in [1.807, 2.05) is 36.4 Å². The standard InChI is InChI=1S/C27H24N2O4/c1-3-15-33-16-14-29-25-13-10-22(28-26(30)19-8-11-23(32-2)12-9-19)18-21(25)17-20-6-4-5-7-24(20)27(29)31/h1,4-13,18H,14-17H2,2H3,(H,28,30). The van der Waals surface area contributed by atoms with Crippen molar-refractivity contribution in [3.63, 3.8) is 0 Å². The molecule has 33 heavy (non-hydrogen) atoms. The third-order valence-corrected chi connectivity index (χ3v) is 5.50. The summed E-state index contributed by atoms with van der Waals surface area (Å²) in [6.07, 6.45) is 5.83. The maximum Gasteiger partial charge on any atom is 0.258 e. The van der Waals surface area contributed by atoms with Gasteiger partial charge in [0.2, 0.25) is 0 Å². The molecule has 0 atom stereocenters.